The average Bonchev–Trinajstić information content (AvgIpc) is 3.04. The lowest BCUT2D eigenvalue weighted by Crippen LogP contribution is -2.44. The Hall–Kier alpha value is -2.31. The Morgan fingerprint density at radius 2 is 2.25 bits per heavy atom. The molecule has 0 amide bonds. The van der Waals surface area contributed by atoms with Gasteiger partial charge in [-0.05, 0) is 6.92 Å². The lowest BCUT2D eigenvalue weighted by Gasteiger charge is -2.27. The standard InChI is InChI=1S/C13H17N5O6/c1-13(21)9(20)7(4-19)24-12(13)18-3-6(2-16-22)8-10(17-23)14-5-15-11(8)18/h2-3,5,7,9,12,19-23H,4H2,1H3,(H,14,15,17)/b16-2-/t7?,9?,12?,13-/m1/s1. The van der Waals surface area contributed by atoms with Crippen LogP contribution in [0.25, 0.3) is 11.0 Å². The van der Waals surface area contributed by atoms with E-state index in [2.05, 4.69) is 15.1 Å². The highest BCUT2D eigenvalue weighted by atomic mass is 16.6. The number of ether oxygens (including phenoxy) is 1. The van der Waals surface area contributed by atoms with Crippen LogP contribution in [0.3, 0.4) is 0 Å². The normalized spacial score (nSPS) is 30.5. The van der Waals surface area contributed by atoms with E-state index in [0.29, 0.717) is 10.9 Å². The zero-order valence-corrected chi connectivity index (χ0v) is 12.6. The van der Waals surface area contributed by atoms with Gasteiger partial charge in [0.15, 0.2) is 12.0 Å². The number of aromatic nitrogens is 3. The number of hydrogen-bond acceptors (Lipinski definition) is 10. The van der Waals surface area contributed by atoms with Crippen LogP contribution < -0.4 is 5.48 Å². The number of hydrogen-bond donors (Lipinski definition) is 6. The van der Waals surface area contributed by atoms with E-state index in [1.54, 1.807) is 0 Å². The van der Waals surface area contributed by atoms with Gasteiger partial charge >= 0.3 is 0 Å². The smallest absolute Gasteiger partial charge is 0.167 e. The Morgan fingerprint density at radius 3 is 2.83 bits per heavy atom. The maximum absolute atomic E-state index is 10.6. The van der Waals surface area contributed by atoms with Gasteiger partial charge in [-0.3, -0.25) is 10.7 Å². The summed E-state index contributed by atoms with van der Waals surface area (Å²) >= 11 is 0. The quantitative estimate of drug-likeness (QED) is 0.234. The van der Waals surface area contributed by atoms with Crippen LogP contribution in [-0.4, -0.2) is 70.9 Å². The van der Waals surface area contributed by atoms with E-state index in [1.807, 2.05) is 5.48 Å². The van der Waals surface area contributed by atoms with Crippen molar-refractivity contribution in [1.29, 1.82) is 0 Å². The first-order valence-electron chi connectivity index (χ1n) is 7.05. The summed E-state index contributed by atoms with van der Waals surface area (Å²) in [4.78, 5) is 7.97. The van der Waals surface area contributed by atoms with E-state index in [-0.39, 0.29) is 11.5 Å². The summed E-state index contributed by atoms with van der Waals surface area (Å²) in [5, 5.41) is 51.3. The van der Waals surface area contributed by atoms with Gasteiger partial charge in [-0.15, -0.1) is 0 Å². The van der Waals surface area contributed by atoms with Gasteiger partial charge in [0.25, 0.3) is 0 Å². The topological polar surface area (TPSA) is 165 Å². The van der Waals surface area contributed by atoms with Crippen LogP contribution in [0.2, 0.25) is 0 Å². The van der Waals surface area contributed by atoms with Crippen LogP contribution in [-0.2, 0) is 4.74 Å². The molecule has 0 radical (unpaired) electrons. The molecule has 0 saturated carbocycles. The summed E-state index contributed by atoms with van der Waals surface area (Å²) in [6.45, 7) is 0.895. The zero-order chi connectivity index (χ0) is 17.5. The number of nitrogens with one attached hydrogen (secondary N) is 1. The van der Waals surface area contributed by atoms with E-state index in [9.17, 15) is 20.5 Å². The fourth-order valence-corrected chi connectivity index (χ4v) is 2.93. The van der Waals surface area contributed by atoms with Crippen molar-refractivity contribution in [2.24, 2.45) is 5.16 Å². The molecule has 0 bridgehead atoms. The SMILES string of the molecule is C[C@@]1(O)C(O)C(CO)OC1n1cc(/C=N\O)c2c(NO)ncnc21. The second-order valence-corrected chi connectivity index (χ2v) is 5.65. The Balaban J connectivity index is 2.20. The van der Waals surface area contributed by atoms with Gasteiger partial charge in [0, 0.05) is 11.8 Å². The molecule has 2 aromatic heterocycles. The Bertz CT molecular complexity index is 776. The van der Waals surface area contributed by atoms with Crippen molar-refractivity contribution < 1.29 is 30.5 Å². The third-order valence-corrected chi connectivity index (χ3v) is 4.13. The number of nitrogens with zero attached hydrogens (tertiary/aromatic N) is 4. The molecule has 3 heterocycles. The summed E-state index contributed by atoms with van der Waals surface area (Å²) in [7, 11) is 0. The Kier molecular flexibility index (Phi) is 4.11. The Labute approximate surface area is 135 Å². The van der Waals surface area contributed by atoms with Crippen molar-refractivity contribution in [1.82, 2.24) is 14.5 Å². The number of aliphatic hydroxyl groups excluding tert-OH is 2. The molecule has 1 aliphatic rings. The first kappa shape index (κ1) is 16.5. The lowest BCUT2D eigenvalue weighted by atomic mass is 9.96. The number of aliphatic hydroxyl groups is 3. The molecule has 11 heteroatoms. The van der Waals surface area contributed by atoms with Crippen LogP contribution in [0.4, 0.5) is 5.82 Å². The first-order chi connectivity index (χ1) is 11.5. The molecular weight excluding hydrogens is 322 g/mol. The van der Waals surface area contributed by atoms with E-state index >= 15 is 0 Å². The minimum atomic E-state index is -1.72. The van der Waals surface area contributed by atoms with Crippen molar-refractivity contribution in [3.8, 4) is 0 Å². The molecule has 4 atom stereocenters. The van der Waals surface area contributed by atoms with Crippen molar-refractivity contribution in [2.75, 3.05) is 12.1 Å². The van der Waals surface area contributed by atoms with E-state index in [4.69, 9.17) is 9.94 Å². The highest BCUT2D eigenvalue weighted by Gasteiger charge is 2.53. The van der Waals surface area contributed by atoms with Gasteiger partial charge in [-0.2, -0.15) is 0 Å². The van der Waals surface area contributed by atoms with Gasteiger partial charge in [-0.25, -0.2) is 9.97 Å². The highest BCUT2D eigenvalue weighted by Crippen LogP contribution is 2.40. The predicted molar refractivity (Wildman–Crippen MR) is 79.9 cm³/mol. The fourth-order valence-electron chi connectivity index (χ4n) is 2.93. The maximum Gasteiger partial charge on any atom is 0.167 e. The lowest BCUT2D eigenvalue weighted by molar-refractivity contribution is -0.0948. The van der Waals surface area contributed by atoms with Crippen LogP contribution in [0.15, 0.2) is 17.7 Å². The molecular formula is C13H17N5O6. The molecule has 0 aliphatic carbocycles. The van der Waals surface area contributed by atoms with E-state index < -0.39 is 30.6 Å². The molecule has 1 aliphatic heterocycles. The van der Waals surface area contributed by atoms with Gasteiger partial charge in [0.05, 0.1) is 18.2 Å². The van der Waals surface area contributed by atoms with Crippen LogP contribution in [0.5, 0.6) is 0 Å². The van der Waals surface area contributed by atoms with Gasteiger partial charge in [-0.1, -0.05) is 5.16 Å². The molecule has 6 N–H and O–H groups in total. The number of anilines is 1. The van der Waals surface area contributed by atoms with Crippen molar-refractivity contribution in [2.45, 2.75) is 31.0 Å². The van der Waals surface area contributed by atoms with Crippen LogP contribution >= 0.6 is 0 Å². The minimum Gasteiger partial charge on any atom is -0.411 e. The van der Waals surface area contributed by atoms with E-state index in [0.717, 1.165) is 6.21 Å². The summed E-state index contributed by atoms with van der Waals surface area (Å²) in [5.41, 5.74) is 0.800. The zero-order valence-electron chi connectivity index (χ0n) is 12.6. The molecule has 1 fully saturated rings. The molecule has 2 aromatic rings. The molecule has 3 unspecified atom stereocenters. The predicted octanol–water partition coefficient (Wildman–Crippen LogP) is -0.958. The second kappa shape index (κ2) is 5.96. The average molecular weight is 339 g/mol. The summed E-state index contributed by atoms with van der Waals surface area (Å²) in [6, 6.07) is 0. The van der Waals surface area contributed by atoms with Gasteiger partial charge in [0.1, 0.15) is 29.8 Å². The Morgan fingerprint density at radius 1 is 1.50 bits per heavy atom. The summed E-state index contributed by atoms with van der Waals surface area (Å²) in [6.07, 6.45) is 0.375. The highest BCUT2D eigenvalue weighted by molar-refractivity contribution is 6.03. The molecule has 24 heavy (non-hydrogen) atoms. The molecule has 130 valence electrons. The number of fused-ring (bicyclic) bond motifs is 1. The number of oxime groups is 1. The second-order valence-electron chi connectivity index (χ2n) is 5.65. The minimum absolute atomic E-state index is 0.0607. The molecule has 0 aromatic carbocycles. The largest absolute Gasteiger partial charge is 0.411 e. The molecule has 3 rings (SSSR count). The molecule has 11 nitrogen and oxygen atoms in total. The van der Waals surface area contributed by atoms with Crippen LogP contribution in [0, 0.1) is 0 Å². The van der Waals surface area contributed by atoms with Crippen molar-refractivity contribution >= 4 is 23.1 Å². The van der Waals surface area contributed by atoms with Crippen LogP contribution in [0.1, 0.15) is 18.7 Å². The third-order valence-electron chi connectivity index (χ3n) is 4.13. The van der Waals surface area contributed by atoms with Crippen molar-refractivity contribution in [3.63, 3.8) is 0 Å². The third kappa shape index (κ3) is 2.30. The van der Waals surface area contributed by atoms with Crippen molar-refractivity contribution in [3.05, 3.63) is 18.1 Å². The summed E-state index contributed by atoms with van der Waals surface area (Å²) < 4.78 is 6.97. The first-order valence-corrected chi connectivity index (χ1v) is 7.05. The number of rotatable bonds is 4. The fraction of sp³-hybridized carbons (Fsp3) is 0.462. The van der Waals surface area contributed by atoms with Gasteiger partial charge < -0.3 is 29.8 Å². The van der Waals surface area contributed by atoms with E-state index in [1.165, 1.54) is 24.0 Å². The monoisotopic (exact) mass is 339 g/mol. The maximum atomic E-state index is 10.6. The molecule has 1 saturated heterocycles. The van der Waals surface area contributed by atoms with Gasteiger partial charge in [0.2, 0.25) is 0 Å². The molecule has 0 spiro atoms. The summed E-state index contributed by atoms with van der Waals surface area (Å²) in [5.74, 6) is 0.0607.